The number of aryl methyl sites for hydroxylation is 1. The number of benzene rings is 1. The van der Waals surface area contributed by atoms with Crippen molar-refractivity contribution >= 4 is 11.0 Å². The zero-order valence-electron chi connectivity index (χ0n) is 17.1. The maximum Gasteiger partial charge on any atom is 0.297 e. The number of hydrogen-bond donors (Lipinski definition) is 0. The molecule has 8 nitrogen and oxygen atoms in total. The molecule has 1 aromatic carbocycles. The van der Waals surface area contributed by atoms with Crippen LogP contribution in [-0.2, 0) is 0 Å². The molecule has 1 aliphatic rings. The molecule has 154 valence electrons. The Balaban J connectivity index is 1.39. The van der Waals surface area contributed by atoms with Crippen LogP contribution >= 0.6 is 0 Å². The highest BCUT2D eigenvalue weighted by Crippen LogP contribution is 2.14. The molecule has 0 radical (unpaired) electrons. The third kappa shape index (κ3) is 4.33. The Morgan fingerprint density at radius 1 is 1.07 bits per heavy atom. The summed E-state index contributed by atoms with van der Waals surface area (Å²) in [5.41, 5.74) is 1.21. The molecule has 8 heteroatoms. The molecular weight excluding hydrogens is 368 g/mol. The maximum atomic E-state index is 12.9. The summed E-state index contributed by atoms with van der Waals surface area (Å²) in [7, 11) is 2.17. The molecule has 0 saturated carbocycles. The maximum absolute atomic E-state index is 12.9. The molecule has 1 saturated heterocycles. The number of rotatable bonds is 7. The van der Waals surface area contributed by atoms with Crippen molar-refractivity contribution in [3.8, 4) is 5.69 Å². The molecule has 4 rings (SSSR count). The summed E-state index contributed by atoms with van der Waals surface area (Å²) in [5.74, 6) is 0.527. The van der Waals surface area contributed by atoms with Gasteiger partial charge in [-0.25, -0.2) is 9.67 Å². The normalized spacial score (nSPS) is 15.8. The molecule has 0 unspecified atom stereocenters. The molecule has 29 heavy (non-hydrogen) atoms. The van der Waals surface area contributed by atoms with Crippen molar-refractivity contribution in [1.82, 2.24) is 29.3 Å². The summed E-state index contributed by atoms with van der Waals surface area (Å²) < 4.78 is 2.99. The van der Waals surface area contributed by atoms with E-state index in [1.54, 1.807) is 17.8 Å². The van der Waals surface area contributed by atoms with Gasteiger partial charge < -0.3 is 14.6 Å². The molecule has 3 aromatic rings. The van der Waals surface area contributed by atoms with Gasteiger partial charge in [-0.2, -0.15) is 5.10 Å². The van der Waals surface area contributed by atoms with E-state index in [0.717, 1.165) is 51.3 Å². The van der Waals surface area contributed by atoms with E-state index in [1.165, 1.54) is 4.73 Å². The molecule has 0 spiro atoms. The van der Waals surface area contributed by atoms with E-state index in [4.69, 9.17) is 4.84 Å². The third-order valence-electron chi connectivity index (χ3n) is 5.41. The first kappa shape index (κ1) is 19.6. The van der Waals surface area contributed by atoms with Crippen LogP contribution in [-0.4, -0.2) is 75.7 Å². The van der Waals surface area contributed by atoms with Gasteiger partial charge in [-0.3, -0.25) is 4.79 Å². The highest BCUT2D eigenvalue weighted by atomic mass is 16.7. The predicted molar refractivity (Wildman–Crippen MR) is 112 cm³/mol. The molecule has 0 N–H and O–H groups in total. The number of unbranched alkanes of at least 4 members (excludes halogenated alkanes) is 1. The van der Waals surface area contributed by atoms with Crippen LogP contribution in [0.25, 0.3) is 16.7 Å². The van der Waals surface area contributed by atoms with Crippen molar-refractivity contribution in [2.75, 3.05) is 46.4 Å². The van der Waals surface area contributed by atoms with Crippen LogP contribution in [0.1, 0.15) is 18.7 Å². The van der Waals surface area contributed by atoms with Crippen LogP contribution in [0.4, 0.5) is 0 Å². The van der Waals surface area contributed by atoms with Gasteiger partial charge in [0.1, 0.15) is 17.8 Å². The third-order valence-corrected chi connectivity index (χ3v) is 5.41. The number of nitrogens with zero attached hydrogens (tertiary/aromatic N) is 6. The number of para-hydroxylation sites is 1. The Bertz CT molecular complexity index is 1010. The summed E-state index contributed by atoms with van der Waals surface area (Å²) in [6.45, 7) is 7.87. The van der Waals surface area contributed by atoms with Crippen LogP contribution < -0.4 is 10.4 Å². The van der Waals surface area contributed by atoms with Gasteiger partial charge in [0.05, 0.1) is 11.9 Å². The zero-order valence-corrected chi connectivity index (χ0v) is 17.1. The minimum Gasteiger partial charge on any atom is -0.409 e. The largest absolute Gasteiger partial charge is 0.409 e. The van der Waals surface area contributed by atoms with Gasteiger partial charge in [0.15, 0.2) is 5.65 Å². The molecule has 0 atom stereocenters. The number of hydrogen-bond acceptors (Lipinski definition) is 6. The van der Waals surface area contributed by atoms with Crippen LogP contribution in [0.3, 0.4) is 0 Å². The molecule has 2 aromatic heterocycles. The fourth-order valence-corrected chi connectivity index (χ4v) is 3.63. The zero-order chi connectivity index (χ0) is 20.2. The topological polar surface area (TPSA) is 68.4 Å². The van der Waals surface area contributed by atoms with Crippen LogP contribution in [0, 0.1) is 6.92 Å². The quantitative estimate of drug-likeness (QED) is 0.562. The van der Waals surface area contributed by atoms with Gasteiger partial charge in [0, 0.05) is 26.2 Å². The molecule has 0 aliphatic carbocycles. The van der Waals surface area contributed by atoms with E-state index in [9.17, 15) is 4.79 Å². The number of likely N-dealkylation sites (N-methyl/N-ethyl adjacent to an activating group) is 1. The van der Waals surface area contributed by atoms with Crippen LogP contribution in [0.2, 0.25) is 0 Å². The highest BCUT2D eigenvalue weighted by molar-refractivity contribution is 5.75. The summed E-state index contributed by atoms with van der Waals surface area (Å²) in [6.07, 6.45) is 3.52. The van der Waals surface area contributed by atoms with Crippen molar-refractivity contribution in [2.45, 2.75) is 19.8 Å². The molecule has 1 fully saturated rings. The molecule has 0 amide bonds. The summed E-state index contributed by atoms with van der Waals surface area (Å²) in [6, 6.07) is 9.68. The van der Waals surface area contributed by atoms with E-state index in [-0.39, 0.29) is 5.56 Å². The first-order chi connectivity index (χ1) is 14.1. The van der Waals surface area contributed by atoms with Crippen molar-refractivity contribution in [3.63, 3.8) is 0 Å². The lowest BCUT2D eigenvalue weighted by Crippen LogP contribution is -2.44. The average Bonchev–Trinajstić information content (AvgIpc) is 3.16. The van der Waals surface area contributed by atoms with E-state index in [1.807, 2.05) is 30.3 Å². The number of piperazine rings is 1. The Hall–Kier alpha value is -2.71. The van der Waals surface area contributed by atoms with Crippen LogP contribution in [0.5, 0.6) is 0 Å². The summed E-state index contributed by atoms with van der Waals surface area (Å²) >= 11 is 0. The highest BCUT2D eigenvalue weighted by Gasteiger charge is 2.15. The number of aromatic nitrogens is 4. The lowest BCUT2D eigenvalue weighted by Gasteiger charge is -2.32. The molecular formula is C21H28N6O2. The Kier molecular flexibility index (Phi) is 5.92. The van der Waals surface area contributed by atoms with Crippen molar-refractivity contribution in [1.29, 1.82) is 0 Å². The SMILES string of the molecule is Cc1nc2c(cnn2-c2ccccc2)c(=O)n1OCCCCN1CCN(C)CC1. The van der Waals surface area contributed by atoms with Gasteiger partial charge in [-0.1, -0.05) is 18.2 Å². The standard InChI is InChI=1S/C21H28N6O2/c1-17-23-20-19(16-22-26(20)18-8-4-3-5-9-18)21(28)27(17)29-15-7-6-10-25-13-11-24(2)12-14-25/h3-5,8-9,16H,6-7,10-15H2,1-2H3. The summed E-state index contributed by atoms with van der Waals surface area (Å²) in [5, 5.41) is 4.81. The molecule has 0 bridgehead atoms. The lowest BCUT2D eigenvalue weighted by atomic mass is 10.2. The smallest absolute Gasteiger partial charge is 0.297 e. The van der Waals surface area contributed by atoms with Gasteiger partial charge in [0.2, 0.25) is 0 Å². The van der Waals surface area contributed by atoms with Crippen LogP contribution in [0.15, 0.2) is 41.3 Å². The first-order valence-corrected chi connectivity index (χ1v) is 10.2. The second kappa shape index (κ2) is 8.75. The van der Waals surface area contributed by atoms with Gasteiger partial charge >= 0.3 is 0 Å². The van der Waals surface area contributed by atoms with Crippen molar-refractivity contribution in [3.05, 3.63) is 52.7 Å². The second-order valence-electron chi connectivity index (χ2n) is 7.57. The lowest BCUT2D eigenvalue weighted by molar-refractivity contribution is 0.0879. The Morgan fingerprint density at radius 2 is 1.83 bits per heavy atom. The average molecular weight is 396 g/mol. The Labute approximate surface area is 170 Å². The van der Waals surface area contributed by atoms with E-state index in [0.29, 0.717) is 23.5 Å². The van der Waals surface area contributed by atoms with Crippen molar-refractivity contribution < 1.29 is 4.84 Å². The number of fused-ring (bicyclic) bond motifs is 1. The monoisotopic (exact) mass is 396 g/mol. The molecule has 3 heterocycles. The minimum atomic E-state index is -0.214. The fourth-order valence-electron chi connectivity index (χ4n) is 3.63. The first-order valence-electron chi connectivity index (χ1n) is 10.2. The fraction of sp³-hybridized carbons (Fsp3) is 0.476. The van der Waals surface area contributed by atoms with Gasteiger partial charge in [-0.05, 0) is 45.5 Å². The van der Waals surface area contributed by atoms with Gasteiger partial charge in [-0.15, -0.1) is 4.73 Å². The second-order valence-corrected chi connectivity index (χ2v) is 7.57. The predicted octanol–water partition coefficient (Wildman–Crippen LogP) is 1.35. The van der Waals surface area contributed by atoms with E-state index in [2.05, 4.69) is 26.9 Å². The molecule has 1 aliphatic heterocycles. The van der Waals surface area contributed by atoms with E-state index < -0.39 is 0 Å². The minimum absolute atomic E-state index is 0.214. The van der Waals surface area contributed by atoms with E-state index >= 15 is 0 Å². The van der Waals surface area contributed by atoms with Gasteiger partial charge in [0.25, 0.3) is 5.56 Å². The Morgan fingerprint density at radius 3 is 2.59 bits per heavy atom. The summed E-state index contributed by atoms with van der Waals surface area (Å²) in [4.78, 5) is 28.1. The van der Waals surface area contributed by atoms with Crippen molar-refractivity contribution in [2.24, 2.45) is 0 Å².